The Morgan fingerprint density at radius 2 is 2.22 bits per heavy atom. The third kappa shape index (κ3) is 4.05. The number of terminal acetylenes is 1. The van der Waals surface area contributed by atoms with Crippen LogP contribution in [0.3, 0.4) is 0 Å². The molecule has 1 radical (unpaired) electrons. The second-order valence-corrected chi connectivity index (χ2v) is 2.36. The predicted molar refractivity (Wildman–Crippen MR) is 38.8 cm³/mol. The Balaban J connectivity index is 3.49. The summed E-state index contributed by atoms with van der Waals surface area (Å²) in [5.74, 6) is 2.53. The average Bonchev–Trinajstić information content (AvgIpc) is 1.84. The smallest absolute Gasteiger partial charge is 0.122 e. The van der Waals surface area contributed by atoms with Crippen molar-refractivity contribution in [1.29, 1.82) is 0 Å². The molecule has 51 valence electrons. The quantitative estimate of drug-likeness (QED) is 0.521. The van der Waals surface area contributed by atoms with Gasteiger partial charge in [0, 0.05) is 6.61 Å². The van der Waals surface area contributed by atoms with Crippen molar-refractivity contribution in [2.45, 2.75) is 25.9 Å². The second kappa shape index (κ2) is 3.53. The lowest BCUT2D eigenvalue weighted by Gasteiger charge is -2.17. The van der Waals surface area contributed by atoms with Crippen molar-refractivity contribution in [1.82, 2.24) is 0 Å². The minimum Gasteiger partial charge on any atom is -0.363 e. The van der Waals surface area contributed by atoms with Gasteiger partial charge >= 0.3 is 0 Å². The molecule has 0 unspecified atom stereocenters. The molecule has 0 atom stereocenters. The molecule has 1 nitrogen and oxygen atoms in total. The van der Waals surface area contributed by atoms with Crippen LogP contribution in [0.1, 0.15) is 20.3 Å². The Kier molecular flexibility index (Phi) is 3.34. The van der Waals surface area contributed by atoms with Gasteiger partial charge < -0.3 is 4.74 Å². The van der Waals surface area contributed by atoms with Gasteiger partial charge in [-0.1, -0.05) is 12.8 Å². The Morgan fingerprint density at radius 1 is 1.67 bits per heavy atom. The molecule has 0 aliphatic heterocycles. The van der Waals surface area contributed by atoms with Crippen LogP contribution < -0.4 is 0 Å². The highest BCUT2D eigenvalue weighted by atomic mass is 16.5. The van der Waals surface area contributed by atoms with Crippen LogP contribution in [0.25, 0.3) is 0 Å². The maximum Gasteiger partial charge on any atom is 0.122 e. The first-order valence-electron chi connectivity index (χ1n) is 3.03. The van der Waals surface area contributed by atoms with Crippen molar-refractivity contribution in [2.24, 2.45) is 0 Å². The van der Waals surface area contributed by atoms with Gasteiger partial charge in [0.2, 0.25) is 0 Å². The minimum atomic E-state index is -0.419. The molecule has 1 heteroatoms. The standard InChI is InChI=1S/C8H13O/c1-5-7-9-8(3,4)6-2/h2H,1,5,7H2,3-4H3. The van der Waals surface area contributed by atoms with Crippen LogP contribution in [0.15, 0.2) is 0 Å². The summed E-state index contributed by atoms with van der Waals surface area (Å²) >= 11 is 0. The van der Waals surface area contributed by atoms with Gasteiger partial charge in [-0.2, -0.15) is 0 Å². The molecule has 9 heavy (non-hydrogen) atoms. The second-order valence-electron chi connectivity index (χ2n) is 2.36. The molecule has 0 aromatic heterocycles. The lowest BCUT2D eigenvalue weighted by atomic mass is 10.1. The fourth-order valence-electron chi connectivity index (χ4n) is 0.369. The highest BCUT2D eigenvalue weighted by molar-refractivity contribution is 5.02. The fourth-order valence-corrected chi connectivity index (χ4v) is 0.369. The number of rotatable bonds is 3. The van der Waals surface area contributed by atoms with Crippen LogP contribution >= 0.6 is 0 Å². The van der Waals surface area contributed by atoms with Crippen molar-refractivity contribution >= 4 is 0 Å². The summed E-state index contributed by atoms with van der Waals surface area (Å²) in [6, 6.07) is 0. The predicted octanol–water partition coefficient (Wildman–Crippen LogP) is 1.64. The minimum absolute atomic E-state index is 0.419. The lowest BCUT2D eigenvalue weighted by molar-refractivity contribution is 0.0299. The maximum absolute atomic E-state index is 5.23. The van der Waals surface area contributed by atoms with Crippen molar-refractivity contribution in [3.05, 3.63) is 6.92 Å². The maximum atomic E-state index is 5.23. The van der Waals surface area contributed by atoms with Crippen LogP contribution in [0.4, 0.5) is 0 Å². The summed E-state index contributed by atoms with van der Waals surface area (Å²) in [4.78, 5) is 0. The molecule has 0 spiro atoms. The van der Waals surface area contributed by atoms with Crippen LogP contribution in [0, 0.1) is 19.3 Å². The molecule has 0 aliphatic rings. The van der Waals surface area contributed by atoms with E-state index in [0.717, 1.165) is 6.42 Å². The zero-order valence-electron chi connectivity index (χ0n) is 6.11. The summed E-state index contributed by atoms with van der Waals surface area (Å²) in [5, 5.41) is 0. The average molecular weight is 125 g/mol. The first-order valence-corrected chi connectivity index (χ1v) is 3.03. The van der Waals surface area contributed by atoms with E-state index >= 15 is 0 Å². The van der Waals surface area contributed by atoms with Gasteiger partial charge in [0.15, 0.2) is 0 Å². The van der Waals surface area contributed by atoms with Crippen LogP contribution in [0.5, 0.6) is 0 Å². The fraction of sp³-hybridized carbons (Fsp3) is 0.625. The summed E-state index contributed by atoms with van der Waals surface area (Å²) < 4.78 is 5.23. The molecule has 0 aromatic carbocycles. The number of hydrogen-bond donors (Lipinski definition) is 0. The molecular formula is C8H13O. The molecule has 0 heterocycles. The van der Waals surface area contributed by atoms with E-state index in [0.29, 0.717) is 6.61 Å². The Labute approximate surface area is 57.4 Å². The van der Waals surface area contributed by atoms with Gasteiger partial charge in [-0.15, -0.1) is 6.42 Å². The first-order chi connectivity index (χ1) is 4.12. The van der Waals surface area contributed by atoms with Crippen molar-refractivity contribution < 1.29 is 4.74 Å². The van der Waals surface area contributed by atoms with Gasteiger partial charge in [0.05, 0.1) is 0 Å². The third-order valence-corrected chi connectivity index (χ3v) is 0.955. The summed E-state index contributed by atoms with van der Waals surface area (Å²) in [7, 11) is 0. The molecule has 0 N–H and O–H groups in total. The molecule has 0 bridgehead atoms. The zero-order valence-corrected chi connectivity index (χ0v) is 6.11. The van der Waals surface area contributed by atoms with E-state index in [2.05, 4.69) is 12.8 Å². The molecule has 0 aliphatic carbocycles. The summed E-state index contributed by atoms with van der Waals surface area (Å²) in [6.45, 7) is 7.99. The lowest BCUT2D eigenvalue weighted by Crippen LogP contribution is -2.21. The third-order valence-electron chi connectivity index (χ3n) is 0.955. The summed E-state index contributed by atoms with van der Waals surface area (Å²) in [6.07, 6.45) is 5.92. The Bertz CT molecular complexity index is 108. The molecular weight excluding hydrogens is 112 g/mol. The van der Waals surface area contributed by atoms with Crippen molar-refractivity contribution in [3.63, 3.8) is 0 Å². The SMILES string of the molecule is C#CC(C)(C)OCC[CH2]. The van der Waals surface area contributed by atoms with E-state index in [-0.39, 0.29) is 0 Å². The molecule has 0 amide bonds. The van der Waals surface area contributed by atoms with Crippen LogP contribution in [-0.4, -0.2) is 12.2 Å². The molecule has 0 fully saturated rings. The molecule has 0 rings (SSSR count). The van der Waals surface area contributed by atoms with Crippen molar-refractivity contribution in [3.8, 4) is 12.3 Å². The van der Waals surface area contributed by atoms with E-state index in [1.165, 1.54) is 0 Å². The molecule has 0 saturated carbocycles. The van der Waals surface area contributed by atoms with E-state index < -0.39 is 5.60 Å². The zero-order chi connectivity index (χ0) is 7.33. The highest BCUT2D eigenvalue weighted by Gasteiger charge is 2.11. The van der Waals surface area contributed by atoms with Gasteiger partial charge in [-0.3, -0.25) is 0 Å². The molecule has 0 aromatic rings. The van der Waals surface area contributed by atoms with Crippen LogP contribution in [0.2, 0.25) is 0 Å². The Hall–Kier alpha value is -0.480. The largest absolute Gasteiger partial charge is 0.363 e. The number of hydrogen-bond acceptors (Lipinski definition) is 1. The van der Waals surface area contributed by atoms with Crippen molar-refractivity contribution in [2.75, 3.05) is 6.61 Å². The van der Waals surface area contributed by atoms with E-state index in [1.807, 2.05) is 13.8 Å². The van der Waals surface area contributed by atoms with E-state index in [9.17, 15) is 0 Å². The van der Waals surface area contributed by atoms with Gasteiger partial charge in [0.1, 0.15) is 5.60 Å². The summed E-state index contributed by atoms with van der Waals surface area (Å²) in [5.41, 5.74) is -0.419. The van der Waals surface area contributed by atoms with Gasteiger partial charge in [0.25, 0.3) is 0 Å². The topological polar surface area (TPSA) is 9.23 Å². The Morgan fingerprint density at radius 3 is 2.56 bits per heavy atom. The monoisotopic (exact) mass is 125 g/mol. The normalized spacial score (nSPS) is 10.9. The first kappa shape index (κ1) is 8.52. The van der Waals surface area contributed by atoms with Crippen LogP contribution in [-0.2, 0) is 4.74 Å². The molecule has 0 saturated heterocycles. The van der Waals surface area contributed by atoms with E-state index in [1.54, 1.807) is 0 Å². The van der Waals surface area contributed by atoms with Gasteiger partial charge in [-0.05, 0) is 20.3 Å². The highest BCUT2D eigenvalue weighted by Crippen LogP contribution is 2.06. The van der Waals surface area contributed by atoms with E-state index in [4.69, 9.17) is 11.2 Å². The number of ether oxygens (including phenoxy) is 1. The van der Waals surface area contributed by atoms with Gasteiger partial charge in [-0.25, -0.2) is 0 Å².